The van der Waals surface area contributed by atoms with Crippen molar-refractivity contribution in [2.75, 3.05) is 18.7 Å². The van der Waals surface area contributed by atoms with Crippen LogP contribution in [0.3, 0.4) is 0 Å². The first-order chi connectivity index (χ1) is 17.9. The Morgan fingerprint density at radius 3 is 2.54 bits per heavy atom. The Bertz CT molecular complexity index is 1380. The molecule has 13 heteroatoms. The highest BCUT2D eigenvalue weighted by molar-refractivity contribution is 6.04. The smallest absolute Gasteiger partial charge is 0.276 e. The molecule has 37 heavy (non-hydrogen) atoms. The highest BCUT2D eigenvalue weighted by Crippen LogP contribution is 2.29. The number of amides is 1. The van der Waals surface area contributed by atoms with E-state index in [0.29, 0.717) is 11.5 Å². The molecule has 1 amide bonds. The van der Waals surface area contributed by atoms with Gasteiger partial charge < -0.3 is 19.3 Å². The molecule has 3 heterocycles. The van der Waals surface area contributed by atoms with Crippen molar-refractivity contribution < 1.29 is 32.4 Å². The lowest BCUT2D eigenvalue weighted by Gasteiger charge is -2.15. The minimum Gasteiger partial charge on any atom is -0.485 e. The van der Waals surface area contributed by atoms with E-state index in [1.54, 1.807) is 38.4 Å². The van der Waals surface area contributed by atoms with Crippen LogP contribution in [0.4, 0.5) is 14.6 Å². The zero-order valence-electron chi connectivity index (χ0n) is 19.9. The lowest BCUT2D eigenvalue weighted by molar-refractivity contribution is 0.0974. The van der Waals surface area contributed by atoms with Gasteiger partial charge in [-0.05, 0) is 24.3 Å². The SMILES string of the molecule is CCC(=O)c1noc(-c2ccc(Oc3cc(OC(CF)CF)cc(C(=O)Nc4ccn(C)n4)c3)cn2)n1. The first-order valence-corrected chi connectivity index (χ1v) is 11.1. The summed E-state index contributed by atoms with van der Waals surface area (Å²) >= 11 is 0. The van der Waals surface area contributed by atoms with Crippen LogP contribution in [-0.2, 0) is 7.05 Å². The summed E-state index contributed by atoms with van der Waals surface area (Å²) in [5.74, 6) is 0.0144. The van der Waals surface area contributed by atoms with Gasteiger partial charge in [-0.1, -0.05) is 12.1 Å². The molecule has 0 atom stereocenters. The number of halogens is 2. The normalized spacial score (nSPS) is 10.9. The van der Waals surface area contributed by atoms with Crippen molar-refractivity contribution in [2.45, 2.75) is 19.4 Å². The zero-order valence-corrected chi connectivity index (χ0v) is 19.9. The van der Waals surface area contributed by atoms with Crippen LogP contribution >= 0.6 is 0 Å². The second-order valence-corrected chi connectivity index (χ2v) is 7.75. The molecule has 0 unspecified atom stereocenters. The minimum absolute atomic E-state index is 0.0344. The van der Waals surface area contributed by atoms with Crippen molar-refractivity contribution in [1.82, 2.24) is 24.9 Å². The number of carbonyl (C=O) groups is 2. The van der Waals surface area contributed by atoms with Gasteiger partial charge in [-0.25, -0.2) is 13.8 Å². The molecule has 0 radical (unpaired) electrons. The van der Waals surface area contributed by atoms with E-state index < -0.39 is 25.4 Å². The molecule has 0 spiro atoms. The molecule has 192 valence electrons. The third kappa shape index (κ3) is 6.31. The summed E-state index contributed by atoms with van der Waals surface area (Å²) in [5.41, 5.74) is 0.425. The van der Waals surface area contributed by atoms with E-state index in [-0.39, 0.29) is 46.7 Å². The summed E-state index contributed by atoms with van der Waals surface area (Å²) in [4.78, 5) is 32.7. The van der Waals surface area contributed by atoms with Gasteiger partial charge in [0, 0.05) is 37.4 Å². The number of ether oxygens (including phenoxy) is 2. The summed E-state index contributed by atoms with van der Waals surface area (Å²) in [7, 11) is 1.70. The quantitative estimate of drug-likeness (QED) is 0.294. The van der Waals surface area contributed by atoms with Gasteiger partial charge in [0.05, 0.1) is 6.20 Å². The molecule has 1 N–H and O–H groups in total. The number of benzene rings is 1. The van der Waals surface area contributed by atoms with E-state index in [1.165, 1.54) is 29.1 Å². The van der Waals surface area contributed by atoms with Crippen molar-refractivity contribution in [3.8, 4) is 28.8 Å². The molecular formula is C24H22F2N6O5. The van der Waals surface area contributed by atoms with Crippen molar-refractivity contribution in [3.63, 3.8) is 0 Å². The highest BCUT2D eigenvalue weighted by Gasteiger charge is 2.17. The maximum atomic E-state index is 13.1. The van der Waals surface area contributed by atoms with Crippen molar-refractivity contribution >= 4 is 17.5 Å². The van der Waals surface area contributed by atoms with E-state index in [2.05, 4.69) is 25.5 Å². The Hall–Kier alpha value is -4.68. The molecule has 0 aliphatic rings. The van der Waals surface area contributed by atoms with Crippen LogP contribution in [0.15, 0.2) is 53.3 Å². The number of rotatable bonds is 11. The monoisotopic (exact) mass is 512 g/mol. The summed E-state index contributed by atoms with van der Waals surface area (Å²) in [6.45, 7) is -0.418. The first-order valence-electron chi connectivity index (χ1n) is 11.1. The van der Waals surface area contributed by atoms with Crippen LogP contribution < -0.4 is 14.8 Å². The zero-order chi connectivity index (χ0) is 26.4. The van der Waals surface area contributed by atoms with Crippen LogP contribution in [0.5, 0.6) is 17.2 Å². The third-order valence-corrected chi connectivity index (χ3v) is 4.93. The fourth-order valence-electron chi connectivity index (χ4n) is 3.10. The lowest BCUT2D eigenvalue weighted by Crippen LogP contribution is -2.21. The topological polar surface area (TPSA) is 134 Å². The molecule has 0 saturated carbocycles. The number of Topliss-reactive ketones (excluding diaryl/α,β-unsaturated/α-hetero) is 1. The van der Waals surface area contributed by atoms with Gasteiger partial charge in [0.2, 0.25) is 11.6 Å². The molecule has 0 fully saturated rings. The number of nitrogens with zero attached hydrogens (tertiary/aromatic N) is 5. The second kappa shape index (κ2) is 11.4. The lowest BCUT2D eigenvalue weighted by atomic mass is 10.2. The molecule has 1 aromatic carbocycles. The van der Waals surface area contributed by atoms with E-state index in [4.69, 9.17) is 14.0 Å². The largest absolute Gasteiger partial charge is 0.485 e. The molecule has 0 bridgehead atoms. The predicted octanol–water partition coefficient (Wildman–Crippen LogP) is 4.19. The van der Waals surface area contributed by atoms with E-state index in [9.17, 15) is 18.4 Å². The number of hydrogen-bond acceptors (Lipinski definition) is 9. The molecule has 0 saturated heterocycles. The van der Waals surface area contributed by atoms with E-state index in [0.717, 1.165) is 0 Å². The number of aromatic nitrogens is 5. The summed E-state index contributed by atoms with van der Waals surface area (Å²) in [6.07, 6.45) is 1.93. The number of ketones is 1. The van der Waals surface area contributed by atoms with Crippen LogP contribution in [0, 0.1) is 0 Å². The number of hydrogen-bond donors (Lipinski definition) is 1. The Kier molecular flexibility index (Phi) is 7.81. The van der Waals surface area contributed by atoms with Gasteiger partial charge in [-0.3, -0.25) is 14.3 Å². The van der Waals surface area contributed by atoms with E-state index in [1.807, 2.05) is 0 Å². The van der Waals surface area contributed by atoms with Crippen LogP contribution in [0.2, 0.25) is 0 Å². The number of pyridine rings is 1. The Balaban J connectivity index is 1.56. The maximum absolute atomic E-state index is 13.1. The number of carbonyl (C=O) groups excluding carboxylic acids is 2. The van der Waals surface area contributed by atoms with Gasteiger partial charge in [0.15, 0.2) is 11.9 Å². The number of alkyl halides is 2. The second-order valence-electron chi connectivity index (χ2n) is 7.75. The van der Waals surface area contributed by atoms with Crippen LogP contribution in [0.25, 0.3) is 11.6 Å². The number of nitrogens with one attached hydrogen (secondary N) is 1. The first kappa shape index (κ1) is 25.4. The Labute approximate surface area is 209 Å². The Morgan fingerprint density at radius 2 is 1.89 bits per heavy atom. The van der Waals surface area contributed by atoms with Crippen LogP contribution in [-0.4, -0.2) is 56.0 Å². The fraction of sp³-hybridized carbons (Fsp3) is 0.250. The van der Waals surface area contributed by atoms with Gasteiger partial charge in [-0.15, -0.1) is 0 Å². The summed E-state index contributed by atoms with van der Waals surface area (Å²) < 4.78 is 43.9. The van der Waals surface area contributed by atoms with Crippen molar-refractivity contribution in [1.29, 1.82) is 0 Å². The molecular weight excluding hydrogens is 490 g/mol. The fourth-order valence-corrected chi connectivity index (χ4v) is 3.10. The van der Waals surface area contributed by atoms with Crippen molar-refractivity contribution in [3.05, 3.63) is 60.2 Å². The molecule has 11 nitrogen and oxygen atoms in total. The average Bonchev–Trinajstić information content (AvgIpc) is 3.56. The maximum Gasteiger partial charge on any atom is 0.276 e. The highest BCUT2D eigenvalue weighted by atomic mass is 19.1. The van der Waals surface area contributed by atoms with E-state index >= 15 is 0 Å². The van der Waals surface area contributed by atoms with Crippen molar-refractivity contribution in [2.24, 2.45) is 7.05 Å². The van der Waals surface area contributed by atoms with Gasteiger partial charge in [-0.2, -0.15) is 10.1 Å². The predicted molar refractivity (Wildman–Crippen MR) is 126 cm³/mol. The molecule has 4 aromatic rings. The number of aryl methyl sites for hydroxylation is 1. The molecule has 4 rings (SSSR count). The summed E-state index contributed by atoms with van der Waals surface area (Å²) in [6, 6.07) is 8.87. The standard InChI is InChI=1S/C24H22F2N6O5/c1-3-20(33)22-29-24(37-31-22)19-5-4-15(13-27-19)35-16-8-14(9-17(10-16)36-18(11-25)12-26)23(34)28-21-6-7-32(2)30-21/h4-10,13,18H,3,11-12H2,1-2H3,(H,28,30,34). The molecule has 3 aromatic heterocycles. The molecule has 0 aliphatic heterocycles. The number of anilines is 1. The van der Waals surface area contributed by atoms with Gasteiger partial charge >= 0.3 is 0 Å². The van der Waals surface area contributed by atoms with Crippen LogP contribution in [0.1, 0.15) is 34.3 Å². The van der Waals surface area contributed by atoms with Gasteiger partial charge in [0.1, 0.15) is 36.3 Å². The average molecular weight is 512 g/mol. The summed E-state index contributed by atoms with van der Waals surface area (Å²) in [5, 5.41) is 10.4. The van der Waals surface area contributed by atoms with Gasteiger partial charge in [0.25, 0.3) is 11.8 Å². The third-order valence-electron chi connectivity index (χ3n) is 4.93. The Morgan fingerprint density at radius 1 is 1.11 bits per heavy atom. The minimum atomic E-state index is -1.33. The molecule has 0 aliphatic carbocycles.